The van der Waals surface area contributed by atoms with Crippen molar-refractivity contribution in [1.82, 2.24) is 6.15 Å². The molecule has 1 heterocycles. The largest absolute Gasteiger partial charge is 0.373 e. The molecule has 0 spiro atoms. The predicted molar refractivity (Wildman–Crippen MR) is 50.7 cm³/mol. The molecular weight excluding hydrogens is 162 g/mol. The van der Waals surface area contributed by atoms with Gasteiger partial charge in [0.1, 0.15) is 0 Å². The van der Waals surface area contributed by atoms with Crippen molar-refractivity contribution in [2.45, 2.75) is 32.8 Å². The van der Waals surface area contributed by atoms with Gasteiger partial charge in [-0.3, -0.25) is 0 Å². The molecule has 11 heavy (non-hydrogen) atoms. The van der Waals surface area contributed by atoms with Crippen molar-refractivity contribution < 1.29 is 4.74 Å². The molecule has 1 unspecified atom stereocenters. The van der Waals surface area contributed by atoms with E-state index in [0.29, 0.717) is 6.10 Å². The van der Waals surface area contributed by atoms with Crippen molar-refractivity contribution in [3.05, 3.63) is 11.6 Å². The summed E-state index contributed by atoms with van der Waals surface area (Å²) in [6.07, 6.45) is 5.26. The van der Waals surface area contributed by atoms with E-state index in [2.05, 4.69) is 19.9 Å². The molecule has 3 N–H and O–H groups in total. The van der Waals surface area contributed by atoms with E-state index in [1.807, 2.05) is 0 Å². The van der Waals surface area contributed by atoms with Crippen LogP contribution in [0, 0.1) is 0 Å². The standard InChI is InChI=1S/C8H14O.ClH.H3N/c1-7(2)4-3-5-8-6-9-8;;/h4,8H,3,5-6H2,1-2H3;1H;1H3. The Morgan fingerprint density at radius 1 is 1.55 bits per heavy atom. The van der Waals surface area contributed by atoms with Crippen molar-refractivity contribution in [2.75, 3.05) is 6.61 Å². The second-order valence-corrected chi connectivity index (χ2v) is 2.81. The zero-order chi connectivity index (χ0) is 6.69. The Morgan fingerprint density at radius 2 is 2.09 bits per heavy atom. The molecule has 0 bridgehead atoms. The molecule has 0 amide bonds. The number of hydrogen-bond acceptors (Lipinski definition) is 2. The number of ether oxygens (including phenoxy) is 1. The van der Waals surface area contributed by atoms with Crippen LogP contribution < -0.4 is 6.15 Å². The molecule has 1 fully saturated rings. The summed E-state index contributed by atoms with van der Waals surface area (Å²) in [4.78, 5) is 0. The Hall–Kier alpha value is -0.0500. The third kappa shape index (κ3) is 7.85. The van der Waals surface area contributed by atoms with Gasteiger partial charge in [-0.15, -0.1) is 12.4 Å². The number of halogens is 1. The molecule has 1 saturated heterocycles. The van der Waals surface area contributed by atoms with Gasteiger partial charge in [0.05, 0.1) is 12.7 Å². The molecule has 2 nitrogen and oxygen atoms in total. The minimum Gasteiger partial charge on any atom is -0.373 e. The Labute approximate surface area is 75.0 Å². The van der Waals surface area contributed by atoms with E-state index >= 15 is 0 Å². The molecule has 1 aliphatic rings. The van der Waals surface area contributed by atoms with Gasteiger partial charge in [0, 0.05) is 0 Å². The van der Waals surface area contributed by atoms with Crippen molar-refractivity contribution >= 4 is 12.4 Å². The highest BCUT2D eigenvalue weighted by Crippen LogP contribution is 2.15. The second-order valence-electron chi connectivity index (χ2n) is 2.81. The molecule has 1 rings (SSSR count). The first-order valence-corrected chi connectivity index (χ1v) is 3.54. The zero-order valence-electron chi connectivity index (χ0n) is 7.30. The Kier molecular flexibility index (Phi) is 8.18. The van der Waals surface area contributed by atoms with E-state index in [9.17, 15) is 0 Å². The van der Waals surface area contributed by atoms with E-state index in [1.165, 1.54) is 18.4 Å². The molecule has 68 valence electrons. The molecule has 1 atom stereocenters. The zero-order valence-corrected chi connectivity index (χ0v) is 8.12. The number of hydrogen-bond donors (Lipinski definition) is 1. The summed E-state index contributed by atoms with van der Waals surface area (Å²) in [7, 11) is 0. The fraction of sp³-hybridized carbons (Fsp3) is 0.750. The lowest BCUT2D eigenvalue weighted by molar-refractivity contribution is 0.398. The van der Waals surface area contributed by atoms with Gasteiger partial charge in [0.2, 0.25) is 0 Å². The van der Waals surface area contributed by atoms with E-state index in [0.717, 1.165) is 6.61 Å². The lowest BCUT2D eigenvalue weighted by Crippen LogP contribution is -1.81. The van der Waals surface area contributed by atoms with E-state index < -0.39 is 0 Å². The maximum atomic E-state index is 5.06. The highest BCUT2D eigenvalue weighted by atomic mass is 35.5. The fourth-order valence-corrected chi connectivity index (χ4v) is 0.793. The molecule has 0 aromatic carbocycles. The van der Waals surface area contributed by atoms with Crippen LogP contribution >= 0.6 is 12.4 Å². The van der Waals surface area contributed by atoms with Crippen molar-refractivity contribution in [3.8, 4) is 0 Å². The number of epoxide rings is 1. The topological polar surface area (TPSA) is 47.5 Å². The Morgan fingerprint density at radius 3 is 2.45 bits per heavy atom. The first-order chi connectivity index (χ1) is 4.29. The third-order valence-corrected chi connectivity index (χ3v) is 1.44. The van der Waals surface area contributed by atoms with E-state index in [-0.39, 0.29) is 18.6 Å². The van der Waals surface area contributed by atoms with Gasteiger partial charge in [-0.1, -0.05) is 11.6 Å². The van der Waals surface area contributed by atoms with Crippen LogP contribution in [0.25, 0.3) is 0 Å². The molecule has 0 aromatic rings. The minimum absolute atomic E-state index is 0. The average molecular weight is 180 g/mol. The maximum absolute atomic E-state index is 5.06. The summed E-state index contributed by atoms with van der Waals surface area (Å²) >= 11 is 0. The van der Waals surface area contributed by atoms with Gasteiger partial charge >= 0.3 is 0 Å². The van der Waals surface area contributed by atoms with Crippen LogP contribution in [0.4, 0.5) is 0 Å². The van der Waals surface area contributed by atoms with E-state index in [4.69, 9.17) is 4.74 Å². The van der Waals surface area contributed by atoms with Crippen molar-refractivity contribution in [3.63, 3.8) is 0 Å². The highest BCUT2D eigenvalue weighted by Gasteiger charge is 2.20. The van der Waals surface area contributed by atoms with Gasteiger partial charge in [-0.05, 0) is 26.7 Å². The highest BCUT2D eigenvalue weighted by molar-refractivity contribution is 5.85. The quantitative estimate of drug-likeness (QED) is 0.535. The molecular formula is C8H18ClNO. The van der Waals surface area contributed by atoms with Crippen LogP contribution in [-0.4, -0.2) is 12.7 Å². The molecule has 0 aromatic heterocycles. The Balaban J connectivity index is 0. The Bertz CT molecular complexity index is 117. The van der Waals surface area contributed by atoms with Crippen LogP contribution in [0.2, 0.25) is 0 Å². The van der Waals surface area contributed by atoms with Gasteiger partial charge < -0.3 is 10.9 Å². The van der Waals surface area contributed by atoms with Crippen LogP contribution in [0.15, 0.2) is 11.6 Å². The first-order valence-electron chi connectivity index (χ1n) is 3.54. The van der Waals surface area contributed by atoms with Crippen molar-refractivity contribution in [1.29, 1.82) is 0 Å². The van der Waals surface area contributed by atoms with Gasteiger partial charge in [0.15, 0.2) is 0 Å². The van der Waals surface area contributed by atoms with Crippen LogP contribution in [0.3, 0.4) is 0 Å². The molecule has 0 saturated carbocycles. The smallest absolute Gasteiger partial charge is 0.0812 e. The van der Waals surface area contributed by atoms with Crippen LogP contribution in [-0.2, 0) is 4.74 Å². The van der Waals surface area contributed by atoms with Gasteiger partial charge in [-0.2, -0.15) is 0 Å². The normalized spacial score (nSPS) is 19.3. The predicted octanol–water partition coefficient (Wildman–Crippen LogP) is 2.72. The minimum atomic E-state index is 0. The third-order valence-electron chi connectivity index (χ3n) is 1.44. The lowest BCUT2D eigenvalue weighted by Gasteiger charge is -1.89. The number of allylic oxidation sites excluding steroid dienone is 2. The number of rotatable bonds is 3. The van der Waals surface area contributed by atoms with Crippen molar-refractivity contribution in [2.24, 2.45) is 0 Å². The van der Waals surface area contributed by atoms with E-state index in [1.54, 1.807) is 0 Å². The lowest BCUT2D eigenvalue weighted by atomic mass is 10.2. The fourth-order valence-electron chi connectivity index (χ4n) is 0.793. The van der Waals surface area contributed by atoms with Gasteiger partial charge in [-0.25, -0.2) is 0 Å². The SMILES string of the molecule is CC(C)=CCCC1CO1.Cl.N. The summed E-state index contributed by atoms with van der Waals surface area (Å²) < 4.78 is 5.06. The maximum Gasteiger partial charge on any atom is 0.0812 e. The summed E-state index contributed by atoms with van der Waals surface area (Å²) in [6.45, 7) is 5.26. The van der Waals surface area contributed by atoms with Crippen LogP contribution in [0.1, 0.15) is 26.7 Å². The van der Waals surface area contributed by atoms with Crippen LogP contribution in [0.5, 0.6) is 0 Å². The monoisotopic (exact) mass is 179 g/mol. The molecule has 0 radical (unpaired) electrons. The first kappa shape index (κ1) is 13.5. The molecule has 3 heteroatoms. The summed E-state index contributed by atoms with van der Waals surface area (Å²) in [6, 6.07) is 0. The summed E-state index contributed by atoms with van der Waals surface area (Å²) in [5, 5.41) is 0. The molecule has 0 aliphatic carbocycles. The second kappa shape index (κ2) is 6.65. The van der Waals surface area contributed by atoms with Gasteiger partial charge in [0.25, 0.3) is 0 Å². The molecule has 1 aliphatic heterocycles. The average Bonchev–Trinajstić information content (AvgIpc) is 2.48. The summed E-state index contributed by atoms with van der Waals surface area (Å²) in [5.74, 6) is 0. The summed E-state index contributed by atoms with van der Waals surface area (Å²) in [5.41, 5.74) is 1.41.